The third-order valence-electron chi connectivity index (χ3n) is 4.15. The van der Waals surface area contributed by atoms with Crippen LogP contribution in [-0.2, 0) is 6.42 Å². The molecule has 0 bridgehead atoms. The molecule has 1 aliphatic rings. The van der Waals surface area contributed by atoms with Gasteiger partial charge in [0.2, 0.25) is 0 Å². The molecule has 3 nitrogen and oxygen atoms in total. The zero-order valence-corrected chi connectivity index (χ0v) is 13.3. The van der Waals surface area contributed by atoms with Crippen molar-refractivity contribution in [1.29, 1.82) is 0 Å². The van der Waals surface area contributed by atoms with Crippen LogP contribution in [0, 0.1) is 5.92 Å². The molecule has 0 atom stereocenters. The second-order valence-corrected chi connectivity index (χ2v) is 6.29. The summed E-state index contributed by atoms with van der Waals surface area (Å²) in [5.74, 6) is 0.811. The van der Waals surface area contributed by atoms with Crippen LogP contribution in [0.1, 0.15) is 44.1 Å². The Morgan fingerprint density at radius 3 is 2.67 bits per heavy atom. The molecule has 2 amide bonds. The lowest BCUT2D eigenvalue weighted by Gasteiger charge is -2.21. The van der Waals surface area contributed by atoms with Crippen LogP contribution >= 0.6 is 11.6 Å². The van der Waals surface area contributed by atoms with Gasteiger partial charge in [-0.2, -0.15) is 0 Å². The Balaban J connectivity index is 1.55. The number of nitrogens with one attached hydrogen (secondary N) is 2. The summed E-state index contributed by atoms with van der Waals surface area (Å²) in [7, 11) is 0. The first-order valence-corrected chi connectivity index (χ1v) is 8.38. The summed E-state index contributed by atoms with van der Waals surface area (Å²) >= 11 is 5.93. The number of halogens is 1. The van der Waals surface area contributed by atoms with Gasteiger partial charge in [0.15, 0.2) is 0 Å². The number of rotatable bonds is 6. The number of hydrogen-bond donors (Lipinski definition) is 2. The minimum Gasteiger partial charge on any atom is -0.338 e. The number of hydrogen-bond acceptors (Lipinski definition) is 1. The topological polar surface area (TPSA) is 41.1 Å². The summed E-state index contributed by atoms with van der Waals surface area (Å²) in [5, 5.41) is 6.59. The number of benzene rings is 1. The van der Waals surface area contributed by atoms with Gasteiger partial charge in [-0.25, -0.2) is 4.79 Å². The predicted octanol–water partition coefficient (Wildman–Crippen LogP) is 4.15. The van der Waals surface area contributed by atoms with Crippen molar-refractivity contribution < 1.29 is 4.79 Å². The van der Waals surface area contributed by atoms with Gasteiger partial charge in [-0.3, -0.25) is 0 Å². The smallest absolute Gasteiger partial charge is 0.314 e. The lowest BCUT2D eigenvalue weighted by atomic mass is 9.87. The van der Waals surface area contributed by atoms with Crippen LogP contribution in [0.15, 0.2) is 24.3 Å². The first-order chi connectivity index (χ1) is 10.2. The fourth-order valence-electron chi connectivity index (χ4n) is 2.94. The Labute approximate surface area is 132 Å². The molecule has 1 saturated carbocycles. The number of urea groups is 1. The van der Waals surface area contributed by atoms with E-state index in [2.05, 4.69) is 10.6 Å². The molecule has 2 rings (SSSR count). The third-order valence-corrected chi connectivity index (χ3v) is 4.39. The highest BCUT2D eigenvalue weighted by atomic mass is 35.5. The normalized spacial score (nSPS) is 15.7. The van der Waals surface area contributed by atoms with Crippen molar-refractivity contribution in [3.63, 3.8) is 0 Å². The van der Waals surface area contributed by atoms with Crippen molar-refractivity contribution in [2.45, 2.75) is 44.9 Å². The van der Waals surface area contributed by atoms with Crippen molar-refractivity contribution in [2.24, 2.45) is 5.92 Å². The summed E-state index contributed by atoms with van der Waals surface area (Å²) < 4.78 is 0. The van der Waals surface area contributed by atoms with Crippen LogP contribution in [0.3, 0.4) is 0 Å². The fraction of sp³-hybridized carbons (Fsp3) is 0.588. The lowest BCUT2D eigenvalue weighted by Crippen LogP contribution is -2.37. The zero-order chi connectivity index (χ0) is 14.9. The Kier molecular flexibility index (Phi) is 6.87. The molecule has 0 aromatic heterocycles. The maximum absolute atomic E-state index is 11.7. The molecule has 1 aliphatic carbocycles. The third kappa shape index (κ3) is 6.38. The molecule has 0 aliphatic heterocycles. The highest BCUT2D eigenvalue weighted by Crippen LogP contribution is 2.25. The van der Waals surface area contributed by atoms with Gasteiger partial charge in [0.1, 0.15) is 0 Å². The molecule has 1 aromatic rings. The van der Waals surface area contributed by atoms with Crippen LogP contribution in [0.25, 0.3) is 0 Å². The predicted molar refractivity (Wildman–Crippen MR) is 87.7 cm³/mol. The van der Waals surface area contributed by atoms with Gasteiger partial charge >= 0.3 is 6.03 Å². The summed E-state index contributed by atoms with van der Waals surface area (Å²) in [5.41, 5.74) is 1.14. The first kappa shape index (κ1) is 16.2. The van der Waals surface area contributed by atoms with E-state index in [9.17, 15) is 4.79 Å². The average molecular weight is 309 g/mol. The van der Waals surface area contributed by atoms with Gasteiger partial charge in [0, 0.05) is 18.1 Å². The fourth-order valence-corrected chi connectivity index (χ4v) is 3.15. The van der Waals surface area contributed by atoms with Gasteiger partial charge in [-0.1, -0.05) is 55.8 Å². The molecule has 0 spiro atoms. The maximum atomic E-state index is 11.7. The Hall–Kier alpha value is -1.22. The summed E-state index contributed by atoms with van der Waals surface area (Å²) in [6, 6.07) is 7.68. The highest BCUT2D eigenvalue weighted by molar-refractivity contribution is 6.30. The molecule has 2 N–H and O–H groups in total. The molecule has 116 valence electrons. The van der Waals surface area contributed by atoms with Crippen molar-refractivity contribution >= 4 is 17.6 Å². The molecule has 0 saturated heterocycles. The summed E-state index contributed by atoms with van der Waals surface area (Å²) in [6.45, 7) is 1.42. The average Bonchev–Trinajstić information content (AvgIpc) is 2.48. The van der Waals surface area contributed by atoms with Gasteiger partial charge in [0.25, 0.3) is 0 Å². The molecule has 1 fully saturated rings. The van der Waals surface area contributed by atoms with Crippen molar-refractivity contribution in [3.05, 3.63) is 34.9 Å². The van der Waals surface area contributed by atoms with Crippen molar-refractivity contribution in [2.75, 3.05) is 13.1 Å². The SMILES string of the molecule is O=C(NCCc1cccc(Cl)c1)NCCC1CCCCC1. The van der Waals surface area contributed by atoms with Crippen LogP contribution in [0.2, 0.25) is 5.02 Å². The van der Waals surface area contributed by atoms with Gasteiger partial charge in [-0.15, -0.1) is 0 Å². The molecule has 0 unspecified atom stereocenters. The van der Waals surface area contributed by atoms with E-state index >= 15 is 0 Å². The monoisotopic (exact) mass is 308 g/mol. The second kappa shape index (κ2) is 8.93. The van der Waals surface area contributed by atoms with Crippen LogP contribution in [0.4, 0.5) is 4.79 Å². The number of carbonyl (C=O) groups excluding carboxylic acids is 1. The Morgan fingerprint density at radius 2 is 1.90 bits per heavy atom. The van der Waals surface area contributed by atoms with E-state index in [-0.39, 0.29) is 6.03 Å². The van der Waals surface area contributed by atoms with Crippen LogP contribution in [-0.4, -0.2) is 19.1 Å². The molecular formula is C17H25ClN2O. The van der Waals surface area contributed by atoms with Gasteiger partial charge < -0.3 is 10.6 Å². The molecule has 1 aromatic carbocycles. The van der Waals surface area contributed by atoms with E-state index < -0.39 is 0 Å². The Bertz CT molecular complexity index is 444. The van der Waals surface area contributed by atoms with Crippen LogP contribution < -0.4 is 10.6 Å². The quantitative estimate of drug-likeness (QED) is 0.814. The maximum Gasteiger partial charge on any atom is 0.314 e. The largest absolute Gasteiger partial charge is 0.338 e. The number of carbonyl (C=O) groups is 1. The molecule has 0 radical (unpaired) electrons. The van der Waals surface area contributed by atoms with E-state index in [1.165, 1.54) is 32.1 Å². The Morgan fingerprint density at radius 1 is 1.14 bits per heavy atom. The van der Waals surface area contributed by atoms with E-state index in [0.717, 1.165) is 35.9 Å². The van der Waals surface area contributed by atoms with Gasteiger partial charge in [0.05, 0.1) is 0 Å². The summed E-state index contributed by atoms with van der Waals surface area (Å²) in [4.78, 5) is 11.7. The second-order valence-electron chi connectivity index (χ2n) is 5.86. The highest BCUT2D eigenvalue weighted by Gasteiger charge is 2.13. The minimum atomic E-state index is -0.0622. The molecule has 4 heteroatoms. The summed E-state index contributed by atoms with van der Waals surface area (Å²) in [6.07, 6.45) is 8.68. The zero-order valence-electron chi connectivity index (χ0n) is 12.5. The van der Waals surface area contributed by atoms with Crippen molar-refractivity contribution in [3.8, 4) is 0 Å². The minimum absolute atomic E-state index is 0.0622. The van der Waals surface area contributed by atoms with Crippen LogP contribution in [0.5, 0.6) is 0 Å². The molecular weight excluding hydrogens is 284 g/mol. The molecule has 0 heterocycles. The first-order valence-electron chi connectivity index (χ1n) is 8.00. The molecule has 21 heavy (non-hydrogen) atoms. The van der Waals surface area contributed by atoms with E-state index in [1.54, 1.807) is 0 Å². The van der Waals surface area contributed by atoms with Crippen molar-refractivity contribution in [1.82, 2.24) is 10.6 Å². The standard InChI is InChI=1S/C17H25ClN2O/c18-16-8-4-7-15(13-16)10-12-20-17(21)19-11-9-14-5-2-1-3-6-14/h4,7-8,13-14H,1-3,5-6,9-12H2,(H2,19,20,21). The van der Waals surface area contributed by atoms with E-state index in [1.807, 2.05) is 24.3 Å². The lowest BCUT2D eigenvalue weighted by molar-refractivity contribution is 0.239. The van der Waals surface area contributed by atoms with Gasteiger partial charge in [-0.05, 0) is 36.5 Å². The number of amides is 2. The van der Waals surface area contributed by atoms with E-state index in [0.29, 0.717) is 6.54 Å². The van der Waals surface area contributed by atoms with E-state index in [4.69, 9.17) is 11.6 Å².